The maximum Gasteiger partial charge on any atom is 0.222 e. The monoisotopic (exact) mass is 465 g/mol. The van der Waals surface area contributed by atoms with Crippen LogP contribution in [0.15, 0.2) is 54.6 Å². The molecule has 0 aliphatic carbocycles. The first-order valence-electron chi connectivity index (χ1n) is 11.6. The van der Waals surface area contributed by atoms with Gasteiger partial charge in [-0.05, 0) is 68.4 Å². The molecule has 0 bridgehead atoms. The van der Waals surface area contributed by atoms with Crippen LogP contribution in [0.3, 0.4) is 0 Å². The van der Waals surface area contributed by atoms with Crippen LogP contribution >= 0.6 is 12.2 Å². The zero-order valence-corrected chi connectivity index (χ0v) is 19.8. The van der Waals surface area contributed by atoms with Crippen LogP contribution in [0.2, 0.25) is 0 Å². The zero-order valence-electron chi connectivity index (χ0n) is 19.0. The lowest BCUT2D eigenvalue weighted by molar-refractivity contribution is -0.122. The summed E-state index contributed by atoms with van der Waals surface area (Å²) in [4.78, 5) is 15.1. The third kappa shape index (κ3) is 6.30. The molecule has 1 aliphatic rings. The number of hydrogen-bond acceptors (Lipinski definition) is 5. The van der Waals surface area contributed by atoms with Gasteiger partial charge < -0.3 is 10.1 Å². The molecule has 2 heterocycles. The Morgan fingerprint density at radius 2 is 2.00 bits per heavy atom. The van der Waals surface area contributed by atoms with Crippen molar-refractivity contribution in [3.8, 4) is 17.1 Å². The number of aromatic amines is 1. The van der Waals surface area contributed by atoms with Crippen molar-refractivity contribution in [1.29, 1.82) is 0 Å². The molecule has 8 heteroatoms. The number of piperidine rings is 1. The Hall–Kier alpha value is -2.97. The largest absolute Gasteiger partial charge is 0.494 e. The number of hydrogen-bond donors (Lipinski definition) is 2. The van der Waals surface area contributed by atoms with E-state index in [0.717, 1.165) is 49.6 Å². The SMILES string of the molecule is CCOc1ccc(-c2n[nH]c(=S)n2CCC(=O)NC2CCCN(Cc3ccccc3)C2)cc1. The van der Waals surface area contributed by atoms with Crippen LogP contribution in [0.1, 0.15) is 31.7 Å². The zero-order chi connectivity index (χ0) is 23.0. The van der Waals surface area contributed by atoms with Gasteiger partial charge in [-0.2, -0.15) is 5.10 Å². The standard InChI is InChI=1S/C25H31N5O2S/c1-2-32-22-12-10-20(11-13-22)24-27-28-25(33)30(24)16-14-23(31)26-21-9-6-15-29(18-21)17-19-7-4-3-5-8-19/h3-5,7-8,10-13,21H,2,6,9,14-18H2,1H3,(H,26,31)(H,28,33). The normalized spacial score (nSPS) is 16.5. The van der Waals surface area contributed by atoms with Gasteiger partial charge in [-0.3, -0.25) is 19.4 Å². The summed E-state index contributed by atoms with van der Waals surface area (Å²) in [6, 6.07) is 18.4. The Morgan fingerprint density at radius 1 is 1.21 bits per heavy atom. The number of H-pyrrole nitrogens is 1. The average Bonchev–Trinajstić information content (AvgIpc) is 3.19. The van der Waals surface area contributed by atoms with Crippen molar-refractivity contribution < 1.29 is 9.53 Å². The molecule has 4 rings (SSSR count). The molecule has 1 aromatic heterocycles. The number of carbonyl (C=O) groups is 1. The molecule has 7 nitrogen and oxygen atoms in total. The van der Waals surface area contributed by atoms with Gasteiger partial charge in [-0.25, -0.2) is 0 Å². The molecule has 0 saturated carbocycles. The van der Waals surface area contributed by atoms with Crippen LogP contribution in [0.5, 0.6) is 5.75 Å². The second-order valence-electron chi connectivity index (χ2n) is 8.34. The quantitative estimate of drug-likeness (QED) is 0.464. The highest BCUT2D eigenvalue weighted by Gasteiger charge is 2.21. The number of rotatable bonds is 9. The van der Waals surface area contributed by atoms with Crippen molar-refractivity contribution in [1.82, 2.24) is 25.0 Å². The summed E-state index contributed by atoms with van der Waals surface area (Å²) in [5, 5.41) is 10.4. The minimum atomic E-state index is 0.0438. The average molecular weight is 466 g/mol. The number of likely N-dealkylation sites (tertiary alicyclic amines) is 1. The van der Waals surface area contributed by atoms with E-state index >= 15 is 0 Å². The van der Waals surface area contributed by atoms with Crippen molar-refractivity contribution >= 4 is 18.1 Å². The summed E-state index contributed by atoms with van der Waals surface area (Å²) in [5.41, 5.74) is 2.23. The molecule has 0 spiro atoms. The molecule has 1 atom stereocenters. The van der Waals surface area contributed by atoms with E-state index in [-0.39, 0.29) is 11.9 Å². The highest BCUT2D eigenvalue weighted by atomic mass is 32.1. The van der Waals surface area contributed by atoms with E-state index in [1.54, 1.807) is 0 Å². The summed E-state index contributed by atoms with van der Waals surface area (Å²) in [7, 11) is 0. The summed E-state index contributed by atoms with van der Waals surface area (Å²) in [6.07, 6.45) is 2.46. The number of carbonyl (C=O) groups excluding carboxylic acids is 1. The Morgan fingerprint density at radius 3 is 2.76 bits per heavy atom. The van der Waals surface area contributed by atoms with Crippen LogP contribution < -0.4 is 10.1 Å². The topological polar surface area (TPSA) is 75.2 Å². The number of nitrogens with one attached hydrogen (secondary N) is 2. The van der Waals surface area contributed by atoms with Crippen LogP contribution in [-0.2, 0) is 17.9 Å². The predicted molar refractivity (Wildman–Crippen MR) is 132 cm³/mol. The molecule has 1 saturated heterocycles. The molecule has 1 amide bonds. The Labute approximate surface area is 199 Å². The van der Waals surface area contributed by atoms with Crippen molar-refractivity contribution in [2.24, 2.45) is 0 Å². The summed E-state index contributed by atoms with van der Waals surface area (Å²) in [6.45, 7) is 5.92. The van der Waals surface area contributed by atoms with E-state index in [9.17, 15) is 4.79 Å². The smallest absolute Gasteiger partial charge is 0.222 e. The number of nitrogens with zero attached hydrogens (tertiary/aromatic N) is 3. The number of ether oxygens (including phenoxy) is 1. The molecule has 2 N–H and O–H groups in total. The molecule has 1 aliphatic heterocycles. The molecule has 174 valence electrons. The number of benzene rings is 2. The molecule has 1 unspecified atom stereocenters. The van der Waals surface area contributed by atoms with Gasteiger partial charge in [0.2, 0.25) is 5.91 Å². The third-order valence-electron chi connectivity index (χ3n) is 5.86. The molecule has 0 radical (unpaired) electrons. The fraction of sp³-hybridized carbons (Fsp3) is 0.400. The highest BCUT2D eigenvalue weighted by molar-refractivity contribution is 7.71. The molecule has 1 fully saturated rings. The lowest BCUT2D eigenvalue weighted by Crippen LogP contribution is -2.47. The van der Waals surface area contributed by atoms with Gasteiger partial charge in [-0.15, -0.1) is 0 Å². The lowest BCUT2D eigenvalue weighted by Gasteiger charge is -2.33. The molecule has 33 heavy (non-hydrogen) atoms. The molecule has 2 aromatic carbocycles. The van der Waals surface area contributed by atoms with Gasteiger partial charge in [-0.1, -0.05) is 30.3 Å². The summed E-state index contributed by atoms with van der Waals surface area (Å²) < 4.78 is 7.91. The summed E-state index contributed by atoms with van der Waals surface area (Å²) in [5.74, 6) is 1.58. The first kappa shape index (κ1) is 23.2. The lowest BCUT2D eigenvalue weighted by atomic mass is 10.0. The van der Waals surface area contributed by atoms with E-state index in [0.29, 0.717) is 24.3 Å². The molecular formula is C25H31N5O2S. The van der Waals surface area contributed by atoms with Crippen LogP contribution in [0.4, 0.5) is 0 Å². The number of aromatic nitrogens is 3. The van der Waals surface area contributed by atoms with Crippen molar-refractivity contribution in [2.45, 2.75) is 45.3 Å². The Kier molecular flexibility index (Phi) is 7.91. The molecule has 3 aromatic rings. The van der Waals surface area contributed by atoms with Crippen molar-refractivity contribution in [3.63, 3.8) is 0 Å². The third-order valence-corrected chi connectivity index (χ3v) is 6.18. The Balaban J connectivity index is 1.32. The van der Waals surface area contributed by atoms with Gasteiger partial charge in [0.05, 0.1) is 6.61 Å². The van der Waals surface area contributed by atoms with Crippen LogP contribution in [-0.4, -0.2) is 51.3 Å². The summed E-state index contributed by atoms with van der Waals surface area (Å²) >= 11 is 5.41. The second kappa shape index (κ2) is 11.2. The second-order valence-corrected chi connectivity index (χ2v) is 8.73. The van der Waals surface area contributed by atoms with Gasteiger partial charge in [0.15, 0.2) is 10.6 Å². The van der Waals surface area contributed by atoms with Crippen LogP contribution in [0.25, 0.3) is 11.4 Å². The maximum absolute atomic E-state index is 12.7. The van der Waals surface area contributed by atoms with Gasteiger partial charge in [0.25, 0.3) is 0 Å². The first-order chi connectivity index (χ1) is 16.1. The first-order valence-corrected chi connectivity index (χ1v) is 12.0. The van der Waals surface area contributed by atoms with Crippen LogP contribution in [0, 0.1) is 4.77 Å². The fourth-order valence-corrected chi connectivity index (χ4v) is 4.51. The van der Waals surface area contributed by atoms with Gasteiger partial charge in [0, 0.05) is 37.7 Å². The van der Waals surface area contributed by atoms with E-state index in [1.807, 2.05) is 41.8 Å². The highest BCUT2D eigenvalue weighted by Crippen LogP contribution is 2.21. The van der Waals surface area contributed by atoms with Crippen molar-refractivity contribution in [2.75, 3.05) is 19.7 Å². The maximum atomic E-state index is 12.7. The number of amides is 1. The van der Waals surface area contributed by atoms with E-state index < -0.39 is 0 Å². The fourth-order valence-electron chi connectivity index (χ4n) is 4.28. The molecular weight excluding hydrogens is 434 g/mol. The Bertz CT molecular complexity index is 1090. The van der Waals surface area contributed by atoms with Gasteiger partial charge >= 0.3 is 0 Å². The minimum absolute atomic E-state index is 0.0438. The predicted octanol–water partition coefficient (Wildman–Crippen LogP) is 4.18. The van der Waals surface area contributed by atoms with E-state index in [2.05, 4.69) is 44.7 Å². The van der Waals surface area contributed by atoms with E-state index in [4.69, 9.17) is 17.0 Å². The van der Waals surface area contributed by atoms with Crippen molar-refractivity contribution in [3.05, 3.63) is 64.9 Å². The minimum Gasteiger partial charge on any atom is -0.494 e. The van der Waals surface area contributed by atoms with E-state index in [1.165, 1.54) is 5.56 Å². The van der Waals surface area contributed by atoms with Gasteiger partial charge in [0.1, 0.15) is 5.75 Å².